The fourth-order valence-electron chi connectivity index (χ4n) is 2.53. The van der Waals surface area contributed by atoms with Crippen molar-refractivity contribution >= 4 is 51.2 Å². The van der Waals surface area contributed by atoms with Crippen molar-refractivity contribution in [3.05, 3.63) is 57.6 Å². The summed E-state index contributed by atoms with van der Waals surface area (Å²) in [4.78, 5) is 22.6. The molecule has 0 fully saturated rings. The summed E-state index contributed by atoms with van der Waals surface area (Å²) in [6, 6.07) is 10.00. The molecule has 30 heavy (non-hydrogen) atoms. The van der Waals surface area contributed by atoms with E-state index in [1.54, 1.807) is 0 Å². The Balaban J connectivity index is 1.58. The maximum atomic E-state index is 12.3. The molecule has 156 valence electrons. The van der Waals surface area contributed by atoms with Crippen molar-refractivity contribution in [2.24, 2.45) is 0 Å². The molecule has 1 amide bonds. The summed E-state index contributed by atoms with van der Waals surface area (Å²) in [6.45, 7) is 4.08. The number of benzene rings is 2. The number of thioether (sulfide) groups is 1. The number of anilines is 3. The van der Waals surface area contributed by atoms with Crippen LogP contribution in [0.25, 0.3) is 0 Å². The first-order valence-electron chi connectivity index (χ1n) is 8.79. The van der Waals surface area contributed by atoms with Crippen molar-refractivity contribution in [2.75, 3.05) is 23.5 Å². The van der Waals surface area contributed by atoms with Gasteiger partial charge >= 0.3 is 0 Å². The fraction of sp³-hybridized carbons (Fsp3) is 0.211. The Bertz CT molecular complexity index is 1090. The number of aromatic nitrogens is 2. The quantitative estimate of drug-likeness (QED) is 0.294. The van der Waals surface area contributed by atoms with E-state index in [1.165, 1.54) is 54.0 Å². The number of methoxy groups -OCH3 is 1. The van der Waals surface area contributed by atoms with Crippen LogP contribution in [-0.2, 0) is 4.79 Å². The van der Waals surface area contributed by atoms with Crippen LogP contribution < -0.4 is 15.4 Å². The van der Waals surface area contributed by atoms with Crippen molar-refractivity contribution in [1.82, 2.24) is 10.2 Å². The van der Waals surface area contributed by atoms with Crippen LogP contribution in [0.1, 0.15) is 11.1 Å². The monoisotopic (exact) mass is 445 g/mol. The molecule has 0 aliphatic heterocycles. The molecule has 3 aromatic rings. The number of nitro groups is 1. The highest BCUT2D eigenvalue weighted by Crippen LogP contribution is 2.31. The lowest BCUT2D eigenvalue weighted by molar-refractivity contribution is -0.384. The average Bonchev–Trinajstić information content (AvgIpc) is 3.17. The molecule has 0 bridgehead atoms. The van der Waals surface area contributed by atoms with Gasteiger partial charge in [-0.3, -0.25) is 14.9 Å². The number of carbonyl (C=O) groups is 1. The molecule has 1 aromatic heterocycles. The van der Waals surface area contributed by atoms with E-state index < -0.39 is 4.92 Å². The van der Waals surface area contributed by atoms with Crippen molar-refractivity contribution in [3.63, 3.8) is 0 Å². The number of aryl methyl sites for hydroxylation is 1. The highest BCUT2D eigenvalue weighted by molar-refractivity contribution is 8.01. The highest BCUT2D eigenvalue weighted by Gasteiger charge is 2.14. The Morgan fingerprint density at radius 3 is 2.77 bits per heavy atom. The number of nitrogens with zero attached hydrogens (tertiary/aromatic N) is 3. The van der Waals surface area contributed by atoms with Crippen LogP contribution in [0, 0.1) is 24.0 Å². The van der Waals surface area contributed by atoms with E-state index in [-0.39, 0.29) is 23.1 Å². The number of ether oxygens (including phenoxy) is 1. The number of nitro benzene ring substituents is 1. The minimum atomic E-state index is -0.524. The highest BCUT2D eigenvalue weighted by atomic mass is 32.2. The molecule has 0 saturated carbocycles. The van der Waals surface area contributed by atoms with E-state index in [0.717, 1.165) is 11.3 Å². The third kappa shape index (κ3) is 5.24. The molecule has 9 nitrogen and oxygen atoms in total. The van der Waals surface area contributed by atoms with E-state index in [1.807, 2.05) is 32.0 Å². The molecule has 0 aliphatic rings. The molecule has 0 aliphatic carbocycles. The molecule has 11 heteroatoms. The number of non-ortho nitro benzene ring substituents is 1. The van der Waals surface area contributed by atoms with E-state index in [4.69, 9.17) is 4.74 Å². The van der Waals surface area contributed by atoms with Gasteiger partial charge in [-0.1, -0.05) is 35.2 Å². The van der Waals surface area contributed by atoms with Gasteiger partial charge in [0, 0.05) is 11.8 Å². The van der Waals surface area contributed by atoms with Gasteiger partial charge in [0.1, 0.15) is 5.75 Å². The first kappa shape index (κ1) is 21.5. The molecular formula is C19H19N5O4S2. The lowest BCUT2D eigenvalue weighted by Gasteiger charge is -2.09. The summed E-state index contributed by atoms with van der Waals surface area (Å²) in [7, 11) is 1.38. The van der Waals surface area contributed by atoms with Crippen molar-refractivity contribution in [2.45, 2.75) is 18.2 Å². The molecular weight excluding hydrogens is 426 g/mol. The molecule has 1 heterocycles. The van der Waals surface area contributed by atoms with Gasteiger partial charge < -0.3 is 15.4 Å². The van der Waals surface area contributed by atoms with E-state index in [9.17, 15) is 14.9 Å². The second-order valence-corrected chi connectivity index (χ2v) is 8.42. The normalized spacial score (nSPS) is 10.5. The summed E-state index contributed by atoms with van der Waals surface area (Å²) in [5.74, 6) is 0.0444. The average molecular weight is 446 g/mol. The van der Waals surface area contributed by atoms with Gasteiger partial charge in [0.2, 0.25) is 11.0 Å². The molecule has 0 spiro atoms. The third-order valence-corrected chi connectivity index (χ3v) is 6.22. The number of nitrogens with one attached hydrogen (secondary N) is 2. The summed E-state index contributed by atoms with van der Waals surface area (Å²) in [5.41, 5.74) is 3.53. The second-order valence-electron chi connectivity index (χ2n) is 6.22. The number of carbonyl (C=O) groups excluding carboxylic acids is 1. The van der Waals surface area contributed by atoms with Crippen LogP contribution in [-0.4, -0.2) is 33.9 Å². The zero-order chi connectivity index (χ0) is 21.7. The zero-order valence-corrected chi connectivity index (χ0v) is 18.1. The van der Waals surface area contributed by atoms with Crippen LogP contribution in [0.3, 0.4) is 0 Å². The molecule has 0 radical (unpaired) electrons. The van der Waals surface area contributed by atoms with Gasteiger partial charge in [-0.15, -0.1) is 10.2 Å². The Labute approximate surface area is 181 Å². The summed E-state index contributed by atoms with van der Waals surface area (Å²) in [5, 5.41) is 25.7. The minimum Gasteiger partial charge on any atom is -0.494 e. The van der Waals surface area contributed by atoms with E-state index in [2.05, 4.69) is 20.8 Å². The van der Waals surface area contributed by atoms with Crippen molar-refractivity contribution in [1.29, 1.82) is 0 Å². The largest absolute Gasteiger partial charge is 0.494 e. The number of hydrogen-bond donors (Lipinski definition) is 2. The van der Waals surface area contributed by atoms with Crippen LogP contribution >= 0.6 is 23.1 Å². The maximum absolute atomic E-state index is 12.3. The molecule has 2 N–H and O–H groups in total. The molecule has 3 rings (SSSR count). The van der Waals surface area contributed by atoms with Crippen LogP contribution in [0.5, 0.6) is 5.75 Å². The Hall–Kier alpha value is -3.18. The molecule has 2 aromatic carbocycles. The van der Waals surface area contributed by atoms with Gasteiger partial charge in [-0.05, 0) is 37.1 Å². The van der Waals surface area contributed by atoms with Gasteiger partial charge in [0.05, 0.1) is 29.5 Å². The standard InChI is InChI=1S/C19H19N5O4S2/c1-11-5-4-6-14(12(11)2)21-18-22-23-19(30-18)29-10-17(25)20-15-8-7-13(24(26)27)9-16(15)28-3/h4-9H,10H2,1-3H3,(H,20,25)(H,21,22). The molecule has 0 saturated heterocycles. The summed E-state index contributed by atoms with van der Waals surface area (Å²) in [6.07, 6.45) is 0. The minimum absolute atomic E-state index is 0.109. The second kappa shape index (κ2) is 9.55. The van der Waals surface area contributed by atoms with Gasteiger partial charge in [0.25, 0.3) is 5.69 Å². The summed E-state index contributed by atoms with van der Waals surface area (Å²) < 4.78 is 5.77. The first-order valence-corrected chi connectivity index (χ1v) is 10.6. The van der Waals surface area contributed by atoms with Crippen LogP contribution in [0.15, 0.2) is 40.7 Å². The predicted octanol–water partition coefficient (Wildman–Crippen LogP) is 4.55. The number of rotatable bonds is 8. The zero-order valence-electron chi connectivity index (χ0n) is 16.5. The smallest absolute Gasteiger partial charge is 0.273 e. The topological polar surface area (TPSA) is 119 Å². The van der Waals surface area contributed by atoms with Gasteiger partial charge in [-0.25, -0.2) is 0 Å². The number of amides is 1. The number of hydrogen-bond acceptors (Lipinski definition) is 9. The predicted molar refractivity (Wildman–Crippen MR) is 118 cm³/mol. The molecule has 0 unspecified atom stereocenters. The lowest BCUT2D eigenvalue weighted by atomic mass is 10.1. The lowest BCUT2D eigenvalue weighted by Crippen LogP contribution is -2.14. The Kier molecular flexibility index (Phi) is 6.85. The Morgan fingerprint density at radius 2 is 2.03 bits per heavy atom. The van der Waals surface area contributed by atoms with Crippen LogP contribution in [0.2, 0.25) is 0 Å². The summed E-state index contributed by atoms with van der Waals surface area (Å²) >= 11 is 2.61. The van der Waals surface area contributed by atoms with E-state index >= 15 is 0 Å². The van der Waals surface area contributed by atoms with Crippen molar-refractivity contribution < 1.29 is 14.5 Å². The molecule has 0 atom stereocenters. The van der Waals surface area contributed by atoms with Crippen LogP contribution in [0.4, 0.5) is 22.2 Å². The fourth-order valence-corrected chi connectivity index (χ4v) is 4.09. The van der Waals surface area contributed by atoms with Crippen molar-refractivity contribution in [3.8, 4) is 5.75 Å². The first-order chi connectivity index (χ1) is 14.4. The maximum Gasteiger partial charge on any atom is 0.273 e. The SMILES string of the molecule is COc1cc([N+](=O)[O-])ccc1NC(=O)CSc1nnc(Nc2cccc(C)c2C)s1. The Morgan fingerprint density at radius 1 is 1.23 bits per heavy atom. The third-order valence-electron chi connectivity index (χ3n) is 4.25. The van der Waals surface area contributed by atoms with Gasteiger partial charge in [0.15, 0.2) is 4.34 Å². The van der Waals surface area contributed by atoms with E-state index in [0.29, 0.717) is 15.2 Å². The van der Waals surface area contributed by atoms with Gasteiger partial charge in [-0.2, -0.15) is 0 Å².